The molecule has 0 aliphatic heterocycles. The average Bonchev–Trinajstić information content (AvgIpc) is 2.55. The SMILES string of the molecule is Cc1cc(C2CCC2)oc(=O)c1C(=O)Nc1cccc(NC(=O)CN(C)C)c1C. The van der Waals surface area contributed by atoms with E-state index in [1.165, 1.54) is 0 Å². The van der Waals surface area contributed by atoms with Crippen molar-refractivity contribution >= 4 is 23.2 Å². The number of benzene rings is 1. The molecular formula is C22H27N3O4. The Hall–Kier alpha value is -2.93. The Morgan fingerprint density at radius 1 is 1.14 bits per heavy atom. The summed E-state index contributed by atoms with van der Waals surface area (Å²) in [5.41, 5.74) is 1.85. The monoisotopic (exact) mass is 397 g/mol. The number of anilines is 2. The first-order valence-electron chi connectivity index (χ1n) is 9.76. The summed E-state index contributed by atoms with van der Waals surface area (Å²) < 4.78 is 5.42. The molecule has 2 aromatic rings. The molecule has 0 spiro atoms. The van der Waals surface area contributed by atoms with Gasteiger partial charge in [0.25, 0.3) is 5.91 Å². The van der Waals surface area contributed by atoms with Crippen molar-refractivity contribution in [1.82, 2.24) is 4.90 Å². The van der Waals surface area contributed by atoms with Gasteiger partial charge in [-0.25, -0.2) is 4.79 Å². The first-order valence-corrected chi connectivity index (χ1v) is 9.76. The van der Waals surface area contributed by atoms with Crippen molar-refractivity contribution < 1.29 is 14.0 Å². The lowest BCUT2D eigenvalue weighted by atomic mass is 9.83. The maximum Gasteiger partial charge on any atom is 0.349 e. The Morgan fingerprint density at radius 2 is 1.79 bits per heavy atom. The predicted molar refractivity (Wildman–Crippen MR) is 113 cm³/mol. The zero-order chi connectivity index (χ0) is 21.1. The number of carbonyl (C=O) groups is 2. The molecule has 3 rings (SSSR count). The summed E-state index contributed by atoms with van der Waals surface area (Å²) in [7, 11) is 3.63. The molecule has 0 saturated heterocycles. The Balaban J connectivity index is 1.80. The molecule has 1 aliphatic carbocycles. The van der Waals surface area contributed by atoms with Gasteiger partial charge < -0.3 is 20.0 Å². The van der Waals surface area contributed by atoms with Crippen LogP contribution in [0.5, 0.6) is 0 Å². The molecule has 1 aliphatic rings. The molecule has 29 heavy (non-hydrogen) atoms. The van der Waals surface area contributed by atoms with Crippen LogP contribution in [-0.2, 0) is 4.79 Å². The van der Waals surface area contributed by atoms with Crippen LogP contribution in [0.3, 0.4) is 0 Å². The third-order valence-corrected chi connectivity index (χ3v) is 5.22. The molecule has 1 aromatic heterocycles. The maximum absolute atomic E-state index is 12.8. The minimum atomic E-state index is -0.613. The van der Waals surface area contributed by atoms with E-state index in [1.807, 2.05) is 14.1 Å². The van der Waals surface area contributed by atoms with Gasteiger partial charge >= 0.3 is 5.63 Å². The minimum Gasteiger partial charge on any atom is -0.427 e. The second-order valence-electron chi connectivity index (χ2n) is 7.84. The van der Waals surface area contributed by atoms with E-state index in [2.05, 4.69) is 10.6 Å². The predicted octanol–water partition coefficient (Wildman–Crippen LogP) is 3.28. The molecule has 2 amide bonds. The summed E-state index contributed by atoms with van der Waals surface area (Å²) in [6.45, 7) is 3.80. The Kier molecular flexibility index (Phi) is 6.17. The quantitative estimate of drug-likeness (QED) is 0.781. The first-order chi connectivity index (χ1) is 13.8. The van der Waals surface area contributed by atoms with Gasteiger partial charge in [0.2, 0.25) is 5.91 Å². The van der Waals surface area contributed by atoms with Gasteiger partial charge in [-0.05, 0) is 70.1 Å². The summed E-state index contributed by atoms with van der Waals surface area (Å²) >= 11 is 0. The summed E-state index contributed by atoms with van der Waals surface area (Å²) in [5, 5.41) is 5.62. The van der Waals surface area contributed by atoms with Gasteiger partial charge in [0.05, 0.1) is 6.54 Å². The molecule has 2 N–H and O–H groups in total. The fourth-order valence-electron chi connectivity index (χ4n) is 3.37. The fraction of sp³-hybridized carbons (Fsp3) is 0.409. The van der Waals surface area contributed by atoms with Crippen LogP contribution in [0.4, 0.5) is 11.4 Å². The number of rotatable bonds is 6. The van der Waals surface area contributed by atoms with Crippen LogP contribution in [-0.4, -0.2) is 37.4 Å². The molecule has 1 heterocycles. The topological polar surface area (TPSA) is 91.6 Å². The fourth-order valence-corrected chi connectivity index (χ4v) is 3.37. The van der Waals surface area contributed by atoms with Crippen LogP contribution in [0.15, 0.2) is 33.5 Å². The Labute approximate surface area is 170 Å². The van der Waals surface area contributed by atoms with E-state index in [9.17, 15) is 14.4 Å². The van der Waals surface area contributed by atoms with Crippen molar-refractivity contribution in [3.63, 3.8) is 0 Å². The van der Waals surface area contributed by atoms with Gasteiger partial charge in [-0.2, -0.15) is 0 Å². The van der Waals surface area contributed by atoms with E-state index in [0.717, 1.165) is 19.3 Å². The van der Waals surface area contributed by atoms with E-state index in [4.69, 9.17) is 4.42 Å². The molecule has 7 nitrogen and oxygen atoms in total. The second kappa shape index (κ2) is 8.61. The lowest BCUT2D eigenvalue weighted by molar-refractivity contribution is -0.116. The standard InChI is InChI=1S/C22H27N3O4/c1-13-11-18(15-7-5-8-15)29-22(28)20(13)21(27)24-17-10-6-9-16(14(17)2)23-19(26)12-25(3)4/h6,9-11,15H,5,7-8,12H2,1-4H3,(H,23,26)(H,24,27). The highest BCUT2D eigenvalue weighted by Crippen LogP contribution is 2.36. The number of nitrogens with one attached hydrogen (secondary N) is 2. The van der Waals surface area contributed by atoms with Crippen LogP contribution < -0.4 is 16.3 Å². The van der Waals surface area contributed by atoms with Gasteiger partial charge in [0.15, 0.2) is 0 Å². The largest absolute Gasteiger partial charge is 0.427 e. The van der Waals surface area contributed by atoms with Crippen LogP contribution in [0, 0.1) is 13.8 Å². The number of amides is 2. The van der Waals surface area contributed by atoms with Crippen LogP contribution >= 0.6 is 0 Å². The van der Waals surface area contributed by atoms with E-state index in [0.29, 0.717) is 28.3 Å². The number of hydrogen-bond donors (Lipinski definition) is 2. The van der Waals surface area contributed by atoms with Crippen molar-refractivity contribution in [2.75, 3.05) is 31.3 Å². The lowest BCUT2D eigenvalue weighted by Crippen LogP contribution is -2.27. The van der Waals surface area contributed by atoms with Crippen molar-refractivity contribution in [2.24, 2.45) is 0 Å². The average molecular weight is 397 g/mol. The highest BCUT2D eigenvalue weighted by atomic mass is 16.4. The van der Waals surface area contributed by atoms with Crippen molar-refractivity contribution in [2.45, 2.75) is 39.0 Å². The zero-order valence-corrected chi connectivity index (χ0v) is 17.3. The summed E-state index contributed by atoms with van der Waals surface area (Å²) in [6.07, 6.45) is 3.16. The first kappa shape index (κ1) is 20.8. The third kappa shape index (κ3) is 4.74. The van der Waals surface area contributed by atoms with Gasteiger partial charge in [-0.15, -0.1) is 0 Å². The van der Waals surface area contributed by atoms with Crippen LogP contribution in [0.1, 0.15) is 52.4 Å². The molecule has 0 unspecified atom stereocenters. The van der Waals surface area contributed by atoms with Gasteiger partial charge in [-0.3, -0.25) is 9.59 Å². The molecule has 154 valence electrons. The van der Waals surface area contributed by atoms with E-state index >= 15 is 0 Å². The van der Waals surface area contributed by atoms with Crippen molar-refractivity contribution in [3.05, 3.63) is 57.1 Å². The Morgan fingerprint density at radius 3 is 2.34 bits per heavy atom. The van der Waals surface area contributed by atoms with Crippen molar-refractivity contribution in [3.8, 4) is 0 Å². The molecule has 0 atom stereocenters. The maximum atomic E-state index is 12.8. The molecule has 1 saturated carbocycles. The van der Waals surface area contributed by atoms with Crippen molar-refractivity contribution in [1.29, 1.82) is 0 Å². The molecule has 1 fully saturated rings. The zero-order valence-electron chi connectivity index (χ0n) is 17.3. The van der Waals surface area contributed by atoms with Gasteiger partial charge in [0.1, 0.15) is 11.3 Å². The molecular weight excluding hydrogens is 370 g/mol. The van der Waals surface area contributed by atoms with Gasteiger partial charge in [0, 0.05) is 17.3 Å². The smallest absolute Gasteiger partial charge is 0.349 e. The van der Waals surface area contributed by atoms with Crippen LogP contribution in [0.2, 0.25) is 0 Å². The summed E-state index contributed by atoms with van der Waals surface area (Å²) in [5.74, 6) is 0.279. The normalized spacial score (nSPS) is 13.8. The molecule has 0 radical (unpaired) electrons. The van der Waals surface area contributed by atoms with E-state index in [1.54, 1.807) is 43.0 Å². The van der Waals surface area contributed by atoms with Gasteiger partial charge in [-0.1, -0.05) is 12.5 Å². The lowest BCUT2D eigenvalue weighted by Gasteiger charge is -2.24. The second-order valence-corrected chi connectivity index (χ2v) is 7.84. The van der Waals surface area contributed by atoms with E-state index < -0.39 is 11.5 Å². The number of likely N-dealkylation sites (N-methyl/N-ethyl adjacent to an activating group) is 1. The number of carbonyl (C=O) groups excluding carboxylic acids is 2. The minimum absolute atomic E-state index is 0.00881. The summed E-state index contributed by atoms with van der Waals surface area (Å²) in [6, 6.07) is 7.04. The number of nitrogens with zero attached hydrogens (tertiary/aromatic N) is 1. The van der Waals surface area contributed by atoms with E-state index in [-0.39, 0.29) is 23.9 Å². The summed E-state index contributed by atoms with van der Waals surface area (Å²) in [4.78, 5) is 39.0. The molecule has 7 heteroatoms. The Bertz CT molecular complexity index is 990. The highest BCUT2D eigenvalue weighted by Gasteiger charge is 2.25. The van der Waals surface area contributed by atoms with Crippen LogP contribution in [0.25, 0.3) is 0 Å². The number of aryl methyl sites for hydroxylation is 1. The molecule has 1 aromatic carbocycles. The molecule has 0 bridgehead atoms. The third-order valence-electron chi connectivity index (χ3n) is 5.22. The number of hydrogen-bond acceptors (Lipinski definition) is 5. The highest BCUT2D eigenvalue weighted by molar-refractivity contribution is 6.06.